The number of benzene rings is 7. The number of hydrogen-bond acceptors (Lipinski definition) is 6. The average Bonchev–Trinajstić information content (AvgIpc) is 3.15. The van der Waals surface area contributed by atoms with Gasteiger partial charge in [-0.2, -0.15) is 0 Å². The first-order valence-electron chi connectivity index (χ1n) is 17.6. The highest BCUT2D eigenvalue weighted by Gasteiger charge is 2.22. The van der Waals surface area contributed by atoms with Crippen LogP contribution < -0.4 is 20.7 Å². The predicted molar refractivity (Wildman–Crippen MR) is 210 cm³/mol. The number of unbranched alkanes of at least 4 members (excludes halogenated alkanes) is 3. The molecule has 0 fully saturated rings. The van der Waals surface area contributed by atoms with Gasteiger partial charge in [-0.1, -0.05) is 134 Å². The Bertz CT molecular complexity index is 2160. The van der Waals surface area contributed by atoms with Crippen LogP contribution in [0.3, 0.4) is 0 Å². The summed E-state index contributed by atoms with van der Waals surface area (Å²) in [5.74, 6) is 0. The lowest BCUT2D eigenvalue weighted by atomic mass is 9.78. The fourth-order valence-electron chi connectivity index (χ4n) is 7.46. The molecule has 0 spiro atoms. The average molecular weight is 660 g/mol. The van der Waals surface area contributed by atoms with E-state index in [-0.39, 0.29) is 0 Å². The van der Waals surface area contributed by atoms with Crippen LogP contribution in [0.5, 0.6) is 0 Å². The van der Waals surface area contributed by atoms with E-state index >= 15 is 0 Å². The zero-order chi connectivity index (χ0) is 34.5. The molecular formula is C42H42B2N2O4. The molecule has 0 unspecified atom stereocenters. The molecule has 0 aromatic heterocycles. The second kappa shape index (κ2) is 15.4. The molecule has 7 rings (SSSR count). The maximum Gasteiger partial charge on any atom is 0.490 e. The number of rotatable bonds is 15. The Morgan fingerprint density at radius 1 is 0.420 bits per heavy atom. The van der Waals surface area contributed by atoms with Crippen LogP contribution in [-0.2, 0) is 13.1 Å². The highest BCUT2D eigenvalue weighted by molar-refractivity contribution is 6.61. The summed E-state index contributed by atoms with van der Waals surface area (Å²) < 4.78 is 0. The summed E-state index contributed by atoms with van der Waals surface area (Å²) in [5.41, 5.74) is 5.06. The molecule has 0 aliphatic heterocycles. The van der Waals surface area contributed by atoms with Crippen LogP contribution in [0, 0.1) is 0 Å². The highest BCUT2D eigenvalue weighted by atomic mass is 16.4. The van der Waals surface area contributed by atoms with Gasteiger partial charge in [0.2, 0.25) is 0 Å². The van der Waals surface area contributed by atoms with Crippen LogP contribution in [0.25, 0.3) is 32.3 Å². The molecule has 4 N–H and O–H groups in total. The molecule has 0 atom stereocenters. The van der Waals surface area contributed by atoms with Gasteiger partial charge in [-0.05, 0) is 68.4 Å². The van der Waals surface area contributed by atoms with Gasteiger partial charge in [-0.15, -0.1) is 0 Å². The third-order valence-corrected chi connectivity index (χ3v) is 9.91. The summed E-state index contributed by atoms with van der Waals surface area (Å²) in [6.45, 7) is 2.87. The SMILES string of the molecule is OB(O)c1ccccc1N(CCCCCCN(Cc1ccc2ccc3cccc4ccc1c2c34)c1ccccc1B(O)O)Cc1ccccc1. The van der Waals surface area contributed by atoms with Gasteiger partial charge in [0.05, 0.1) is 0 Å². The molecule has 0 saturated carbocycles. The monoisotopic (exact) mass is 660 g/mol. The summed E-state index contributed by atoms with van der Waals surface area (Å²) in [5, 5.41) is 48.3. The standard InChI is InChI=1S/C42H42B2N2O4/c47-43(48)37-17-6-8-19-39(37)45(29-31-13-4-3-5-14-31)27-10-1-2-11-28-46(40-20-9-7-18-38(40)44(49)50)30-35-24-23-34-22-21-32-15-12-16-33-25-26-36(35)42(34)41(32)33/h3-9,12-26,47-50H,1-2,10-11,27-30H2. The van der Waals surface area contributed by atoms with Crippen molar-refractivity contribution in [3.05, 3.63) is 145 Å². The van der Waals surface area contributed by atoms with E-state index in [1.54, 1.807) is 12.1 Å². The molecule has 8 heteroatoms. The zero-order valence-corrected chi connectivity index (χ0v) is 28.2. The molecule has 0 heterocycles. The fraction of sp³-hybridized carbons (Fsp3) is 0.190. The van der Waals surface area contributed by atoms with Crippen LogP contribution >= 0.6 is 0 Å². The first kappa shape index (κ1) is 33.6. The smallest absolute Gasteiger partial charge is 0.423 e. The van der Waals surface area contributed by atoms with Gasteiger partial charge in [-0.3, -0.25) is 0 Å². The molecule has 50 heavy (non-hydrogen) atoms. The van der Waals surface area contributed by atoms with Gasteiger partial charge < -0.3 is 29.9 Å². The molecule has 0 aliphatic carbocycles. The van der Waals surface area contributed by atoms with Crippen molar-refractivity contribution < 1.29 is 20.1 Å². The molecule has 7 aromatic carbocycles. The van der Waals surface area contributed by atoms with E-state index in [1.807, 2.05) is 54.6 Å². The van der Waals surface area contributed by atoms with Gasteiger partial charge in [-0.25, -0.2) is 0 Å². The lowest BCUT2D eigenvalue weighted by Crippen LogP contribution is -2.37. The van der Waals surface area contributed by atoms with Gasteiger partial charge >= 0.3 is 14.2 Å². The third kappa shape index (κ3) is 7.21. The van der Waals surface area contributed by atoms with Crippen molar-refractivity contribution in [2.45, 2.75) is 38.8 Å². The van der Waals surface area contributed by atoms with Crippen molar-refractivity contribution in [2.24, 2.45) is 0 Å². The Morgan fingerprint density at radius 2 is 0.920 bits per heavy atom. The summed E-state index contributed by atoms with van der Waals surface area (Å²) in [7, 11) is -3.10. The summed E-state index contributed by atoms with van der Waals surface area (Å²) in [4.78, 5) is 4.53. The first-order chi connectivity index (χ1) is 24.5. The quantitative estimate of drug-likeness (QED) is 0.0594. The minimum absolute atomic E-state index is 0.506. The molecule has 7 aromatic rings. The Morgan fingerprint density at radius 3 is 1.52 bits per heavy atom. The molecule has 0 aliphatic rings. The normalized spacial score (nSPS) is 11.4. The molecular weight excluding hydrogens is 618 g/mol. The topological polar surface area (TPSA) is 87.4 Å². The van der Waals surface area contributed by atoms with E-state index < -0.39 is 14.2 Å². The second-order valence-corrected chi connectivity index (χ2v) is 13.2. The predicted octanol–water partition coefficient (Wildman–Crippen LogP) is 6.22. The molecule has 6 nitrogen and oxygen atoms in total. The van der Waals surface area contributed by atoms with Crippen LogP contribution in [0.15, 0.2) is 133 Å². The number of para-hydroxylation sites is 2. The van der Waals surface area contributed by atoms with E-state index in [2.05, 4.69) is 76.5 Å². The summed E-state index contributed by atoms with van der Waals surface area (Å²) in [6, 6.07) is 45.1. The van der Waals surface area contributed by atoms with Gasteiger partial charge in [0.15, 0.2) is 0 Å². The van der Waals surface area contributed by atoms with Crippen molar-refractivity contribution in [2.75, 3.05) is 22.9 Å². The van der Waals surface area contributed by atoms with Crippen LogP contribution in [-0.4, -0.2) is 47.4 Å². The van der Waals surface area contributed by atoms with E-state index in [9.17, 15) is 20.1 Å². The maximum absolute atomic E-state index is 10.3. The van der Waals surface area contributed by atoms with E-state index in [0.717, 1.165) is 50.1 Å². The van der Waals surface area contributed by atoms with E-state index in [0.29, 0.717) is 24.0 Å². The fourth-order valence-corrected chi connectivity index (χ4v) is 7.46. The minimum Gasteiger partial charge on any atom is -0.423 e. The Hall–Kier alpha value is -4.85. The highest BCUT2D eigenvalue weighted by Crippen LogP contribution is 2.36. The van der Waals surface area contributed by atoms with Gasteiger partial charge in [0.1, 0.15) is 0 Å². The van der Waals surface area contributed by atoms with Crippen molar-refractivity contribution in [3.63, 3.8) is 0 Å². The molecule has 250 valence electrons. The molecule has 0 saturated heterocycles. The number of nitrogens with zero attached hydrogens (tertiary/aromatic N) is 2. The van der Waals surface area contributed by atoms with Crippen LogP contribution in [0.4, 0.5) is 11.4 Å². The minimum atomic E-state index is -1.56. The number of hydrogen-bond donors (Lipinski definition) is 4. The molecule has 0 amide bonds. The third-order valence-electron chi connectivity index (χ3n) is 9.91. The number of anilines is 2. The van der Waals surface area contributed by atoms with Gasteiger partial charge in [0.25, 0.3) is 0 Å². The molecule has 0 radical (unpaired) electrons. The summed E-state index contributed by atoms with van der Waals surface area (Å²) >= 11 is 0. The molecule has 0 bridgehead atoms. The Balaban J connectivity index is 1.08. The lowest BCUT2D eigenvalue weighted by Gasteiger charge is -2.29. The maximum atomic E-state index is 10.3. The van der Waals surface area contributed by atoms with Crippen molar-refractivity contribution in [3.8, 4) is 0 Å². The first-order valence-corrected chi connectivity index (χ1v) is 17.6. The van der Waals surface area contributed by atoms with Crippen molar-refractivity contribution >= 4 is 68.9 Å². The largest absolute Gasteiger partial charge is 0.490 e. The Kier molecular flexibility index (Phi) is 10.3. The van der Waals surface area contributed by atoms with Crippen LogP contribution in [0.1, 0.15) is 36.8 Å². The van der Waals surface area contributed by atoms with Crippen LogP contribution in [0.2, 0.25) is 0 Å². The van der Waals surface area contributed by atoms with Crippen molar-refractivity contribution in [1.82, 2.24) is 0 Å². The summed E-state index contributed by atoms with van der Waals surface area (Å²) in [6.07, 6.45) is 3.89. The zero-order valence-electron chi connectivity index (χ0n) is 28.2. The van der Waals surface area contributed by atoms with E-state index in [1.165, 1.54) is 43.4 Å². The lowest BCUT2D eigenvalue weighted by molar-refractivity contribution is 0.424. The Labute approximate surface area is 294 Å². The van der Waals surface area contributed by atoms with Gasteiger partial charge in [0, 0.05) is 48.5 Å². The second-order valence-electron chi connectivity index (χ2n) is 13.2. The van der Waals surface area contributed by atoms with Crippen molar-refractivity contribution in [1.29, 1.82) is 0 Å². The van der Waals surface area contributed by atoms with E-state index in [4.69, 9.17) is 0 Å².